The molecule has 1 amide bonds. The van der Waals surface area contributed by atoms with Crippen LogP contribution < -0.4 is 4.90 Å². The first-order valence-corrected chi connectivity index (χ1v) is 13.2. The second-order valence-electron chi connectivity index (χ2n) is 8.93. The molecule has 2 aromatic carbocycles. The lowest BCUT2D eigenvalue weighted by molar-refractivity contribution is -0.127. The van der Waals surface area contributed by atoms with Crippen molar-refractivity contribution in [2.24, 2.45) is 0 Å². The second-order valence-corrected chi connectivity index (χ2v) is 11.9. The van der Waals surface area contributed by atoms with Crippen LogP contribution in [0.25, 0.3) is 0 Å². The highest BCUT2D eigenvalue weighted by atomic mass is 32.2. The van der Waals surface area contributed by atoms with Crippen LogP contribution in [0.3, 0.4) is 0 Å². The van der Waals surface area contributed by atoms with Crippen LogP contribution >= 0.6 is 11.3 Å². The largest absolute Gasteiger partial charge is 0.342 e. The van der Waals surface area contributed by atoms with E-state index in [0.717, 1.165) is 28.2 Å². The van der Waals surface area contributed by atoms with Crippen LogP contribution in [-0.4, -0.2) is 55.2 Å². The van der Waals surface area contributed by atoms with Crippen LogP contribution in [-0.2, 0) is 26.8 Å². The van der Waals surface area contributed by atoms with E-state index in [0.29, 0.717) is 31.2 Å². The third-order valence-corrected chi connectivity index (χ3v) is 9.35. The number of nitrogens with zero attached hydrogens (tertiary/aromatic N) is 4. The number of aromatic nitrogens is 1. The molecule has 1 spiro atoms. The number of thiazole rings is 1. The lowest BCUT2D eigenvalue weighted by Gasteiger charge is -2.25. The summed E-state index contributed by atoms with van der Waals surface area (Å²) in [5, 5.41) is 0.143. The molecule has 2 aliphatic rings. The van der Waals surface area contributed by atoms with Gasteiger partial charge in [-0.2, -0.15) is 8.70 Å². The number of likely N-dealkylation sites (tertiary alicyclic amines) is 1. The van der Waals surface area contributed by atoms with Gasteiger partial charge in [0.25, 0.3) is 0 Å². The number of hydrogen-bond donors (Lipinski definition) is 0. The van der Waals surface area contributed by atoms with Gasteiger partial charge in [-0.3, -0.25) is 4.79 Å². The van der Waals surface area contributed by atoms with E-state index >= 15 is 0 Å². The first kappa shape index (κ1) is 22.9. The molecule has 34 heavy (non-hydrogen) atoms. The van der Waals surface area contributed by atoms with E-state index in [9.17, 15) is 17.6 Å². The topological polar surface area (TPSA) is 73.8 Å². The molecule has 7 nitrogen and oxygen atoms in total. The Balaban J connectivity index is 1.54. The van der Waals surface area contributed by atoms with E-state index in [-0.39, 0.29) is 22.5 Å². The maximum absolute atomic E-state index is 13.8. The summed E-state index contributed by atoms with van der Waals surface area (Å²) in [7, 11) is -2.18. The highest BCUT2D eigenvalue weighted by Gasteiger charge is 2.49. The number of fused-ring (bicyclic) bond motifs is 2. The number of hydrogen-bond acceptors (Lipinski definition) is 6. The van der Waals surface area contributed by atoms with Gasteiger partial charge in [-0.15, -0.1) is 0 Å². The molecule has 0 bridgehead atoms. The van der Waals surface area contributed by atoms with Gasteiger partial charge in [0.2, 0.25) is 15.9 Å². The zero-order chi connectivity index (χ0) is 24.1. The number of benzene rings is 2. The molecule has 5 rings (SSSR count). The molecule has 3 heterocycles. The van der Waals surface area contributed by atoms with Gasteiger partial charge in [0.15, 0.2) is 10.3 Å². The van der Waals surface area contributed by atoms with Crippen molar-refractivity contribution < 1.29 is 17.6 Å². The average molecular weight is 501 g/mol. The minimum atomic E-state index is -3.75. The van der Waals surface area contributed by atoms with Crippen LogP contribution in [0.2, 0.25) is 0 Å². The zero-order valence-electron chi connectivity index (χ0n) is 18.9. The number of carbonyl (C=O) groups is 1. The Hall–Kier alpha value is -2.82. The fourth-order valence-electron chi connectivity index (χ4n) is 4.95. The Bertz CT molecular complexity index is 1350. The van der Waals surface area contributed by atoms with Gasteiger partial charge in [0.05, 0.1) is 11.1 Å². The molecule has 178 valence electrons. The molecule has 1 unspecified atom stereocenters. The maximum atomic E-state index is 13.8. The molecular formula is C24H25FN4O3S2. The molecule has 0 N–H and O–H groups in total. The number of amides is 1. The Morgan fingerprint density at radius 1 is 1.21 bits per heavy atom. The molecule has 2 aliphatic heterocycles. The van der Waals surface area contributed by atoms with Gasteiger partial charge < -0.3 is 9.80 Å². The van der Waals surface area contributed by atoms with Crippen molar-refractivity contribution in [1.82, 2.24) is 14.2 Å². The van der Waals surface area contributed by atoms with E-state index < -0.39 is 15.4 Å². The van der Waals surface area contributed by atoms with Crippen LogP contribution in [0, 0.1) is 5.13 Å². The van der Waals surface area contributed by atoms with Crippen LogP contribution in [0.15, 0.2) is 59.6 Å². The predicted molar refractivity (Wildman–Crippen MR) is 129 cm³/mol. The lowest BCUT2D eigenvalue weighted by atomic mass is 9.81. The fourth-order valence-corrected chi connectivity index (χ4v) is 6.79. The summed E-state index contributed by atoms with van der Waals surface area (Å²) in [4.78, 5) is 20.2. The molecule has 1 saturated heterocycles. The van der Waals surface area contributed by atoms with Gasteiger partial charge in [-0.1, -0.05) is 41.7 Å². The van der Waals surface area contributed by atoms with Crippen molar-refractivity contribution in [3.05, 3.63) is 71.0 Å². The summed E-state index contributed by atoms with van der Waals surface area (Å²) in [6, 6.07) is 14.6. The minimum absolute atomic E-state index is 0.0106. The van der Waals surface area contributed by atoms with Crippen molar-refractivity contribution >= 4 is 38.1 Å². The Labute approximate surface area is 202 Å². The first-order chi connectivity index (χ1) is 16.2. The molecule has 1 atom stereocenters. The molecular weight excluding hydrogens is 475 g/mol. The Kier molecular flexibility index (Phi) is 5.70. The quantitative estimate of drug-likeness (QED) is 0.534. The standard InChI is InChI=1S/C24H25FN4O3S2/c1-17(30)28-11-10-24(15-28)16-29(23-26-13-22(25)33-23)21-9-8-19(12-20(21)24)34(31,32)27(2)14-18-6-4-3-5-7-18/h3-9,12-13H,10-11,14-16H2,1-2H3. The van der Waals surface area contributed by atoms with Crippen LogP contribution in [0.5, 0.6) is 0 Å². The highest BCUT2D eigenvalue weighted by molar-refractivity contribution is 7.89. The number of sulfonamides is 1. The van der Waals surface area contributed by atoms with Gasteiger partial charge in [-0.05, 0) is 35.7 Å². The highest BCUT2D eigenvalue weighted by Crippen LogP contribution is 2.50. The summed E-state index contributed by atoms with van der Waals surface area (Å²) in [6.07, 6.45) is 1.89. The van der Waals surface area contributed by atoms with Gasteiger partial charge in [-0.25, -0.2) is 13.4 Å². The Morgan fingerprint density at radius 3 is 2.62 bits per heavy atom. The average Bonchev–Trinajstić information content (AvgIpc) is 3.52. The number of halogens is 1. The summed E-state index contributed by atoms with van der Waals surface area (Å²) < 4.78 is 42.0. The van der Waals surface area contributed by atoms with Crippen molar-refractivity contribution in [1.29, 1.82) is 0 Å². The molecule has 3 aromatic rings. The summed E-state index contributed by atoms with van der Waals surface area (Å²) >= 11 is 0.955. The molecule has 1 aromatic heterocycles. The van der Waals surface area contributed by atoms with Crippen LogP contribution in [0.4, 0.5) is 15.2 Å². The number of carbonyl (C=O) groups excluding carboxylic acids is 1. The third kappa shape index (κ3) is 3.89. The van der Waals surface area contributed by atoms with Gasteiger partial charge in [0, 0.05) is 51.3 Å². The molecule has 0 saturated carbocycles. The van der Waals surface area contributed by atoms with Crippen molar-refractivity contribution in [3.63, 3.8) is 0 Å². The first-order valence-electron chi connectivity index (χ1n) is 11.0. The zero-order valence-corrected chi connectivity index (χ0v) is 20.6. The molecule has 10 heteroatoms. The SMILES string of the molecule is CC(=O)N1CCC2(C1)CN(c1ncc(F)s1)c1ccc(S(=O)(=O)N(C)Cc3ccccc3)cc12. The van der Waals surface area contributed by atoms with Crippen LogP contribution in [0.1, 0.15) is 24.5 Å². The summed E-state index contributed by atoms with van der Waals surface area (Å²) in [5.41, 5.74) is 2.13. The van der Waals surface area contributed by atoms with E-state index in [1.54, 1.807) is 37.1 Å². The monoisotopic (exact) mass is 500 g/mol. The van der Waals surface area contributed by atoms with Gasteiger partial charge in [0.1, 0.15) is 0 Å². The minimum Gasteiger partial charge on any atom is -0.342 e. The van der Waals surface area contributed by atoms with E-state index in [1.807, 2.05) is 35.2 Å². The molecule has 0 aliphatic carbocycles. The van der Waals surface area contributed by atoms with Gasteiger partial charge >= 0.3 is 0 Å². The van der Waals surface area contributed by atoms with Crippen molar-refractivity contribution in [2.45, 2.75) is 30.2 Å². The van der Waals surface area contributed by atoms with E-state index in [4.69, 9.17) is 0 Å². The summed E-state index contributed by atoms with van der Waals surface area (Å²) in [6.45, 7) is 3.40. The predicted octanol–water partition coefficient (Wildman–Crippen LogP) is 3.74. The normalized spacial score (nSPS) is 19.9. The second kappa shape index (κ2) is 8.44. The third-order valence-electron chi connectivity index (χ3n) is 6.74. The summed E-state index contributed by atoms with van der Waals surface area (Å²) in [5.74, 6) is -0.0106. The molecule has 0 radical (unpaired) electrons. The smallest absolute Gasteiger partial charge is 0.243 e. The molecule has 1 fully saturated rings. The van der Waals surface area contributed by atoms with Crippen molar-refractivity contribution in [2.75, 3.05) is 31.6 Å². The van der Waals surface area contributed by atoms with Crippen molar-refractivity contribution in [3.8, 4) is 0 Å². The maximum Gasteiger partial charge on any atom is 0.243 e. The fraction of sp³-hybridized carbons (Fsp3) is 0.333. The Morgan fingerprint density at radius 2 is 1.97 bits per heavy atom. The lowest BCUT2D eigenvalue weighted by Crippen LogP contribution is -2.36. The van der Waals surface area contributed by atoms with E-state index in [1.165, 1.54) is 10.5 Å². The number of rotatable bonds is 5. The number of anilines is 2. The van der Waals surface area contributed by atoms with E-state index in [2.05, 4.69) is 4.98 Å².